The third-order valence-corrected chi connectivity index (χ3v) is 10.7. The molecule has 5 N–H and O–H groups in total. The molecule has 290 valence electrons. The van der Waals surface area contributed by atoms with Crippen molar-refractivity contribution in [1.29, 1.82) is 0 Å². The third kappa shape index (κ3) is 11.0. The van der Waals surface area contributed by atoms with Crippen LogP contribution in [0.3, 0.4) is 0 Å². The molecule has 0 aromatic heterocycles. The summed E-state index contributed by atoms with van der Waals surface area (Å²) in [4.78, 5) is 68.2. The van der Waals surface area contributed by atoms with E-state index in [1.165, 1.54) is 7.11 Å². The number of rotatable bonds is 9. The second-order valence-electron chi connectivity index (χ2n) is 13.7. The van der Waals surface area contributed by atoms with Crippen molar-refractivity contribution in [3.8, 4) is 22.6 Å². The fourth-order valence-corrected chi connectivity index (χ4v) is 7.52. The van der Waals surface area contributed by atoms with Gasteiger partial charge in [-0.1, -0.05) is 84.9 Å². The number of ether oxygens (including phenoxy) is 2. The van der Waals surface area contributed by atoms with Gasteiger partial charge in [0.1, 0.15) is 35.7 Å². The Morgan fingerprint density at radius 3 is 1.91 bits per heavy atom. The summed E-state index contributed by atoms with van der Waals surface area (Å²) in [6.45, 7) is -0.377. The van der Waals surface area contributed by atoms with Crippen molar-refractivity contribution >= 4 is 41.4 Å². The SMILES string of the molecule is COc1ccc(C[C@H]2NC(=O)[C@H](Cc3ccc(-c4ccccc4)cc3)NC(=O)[C@@H](CC3CC=CS3)NC(=O)COc3ccc(cc3)C[C@@H](C(=O)O)NC2=O)cc1. The molecule has 0 aliphatic carbocycles. The van der Waals surface area contributed by atoms with Gasteiger partial charge in [-0.15, -0.1) is 11.8 Å². The van der Waals surface area contributed by atoms with Crippen molar-refractivity contribution in [2.24, 2.45) is 0 Å². The van der Waals surface area contributed by atoms with Crippen molar-refractivity contribution in [2.45, 2.75) is 61.5 Å². The van der Waals surface area contributed by atoms with Crippen LogP contribution in [0.2, 0.25) is 0 Å². The van der Waals surface area contributed by atoms with Gasteiger partial charge in [0.25, 0.3) is 5.91 Å². The zero-order valence-corrected chi connectivity index (χ0v) is 31.6. The number of aliphatic carboxylic acids is 1. The lowest BCUT2D eigenvalue weighted by Crippen LogP contribution is -2.59. The first-order valence-corrected chi connectivity index (χ1v) is 19.3. The number of methoxy groups -OCH3 is 1. The zero-order chi connectivity index (χ0) is 39.4. The van der Waals surface area contributed by atoms with Gasteiger partial charge in [0.2, 0.25) is 17.7 Å². The lowest BCUT2D eigenvalue weighted by Gasteiger charge is -2.27. The third-order valence-electron chi connectivity index (χ3n) is 9.63. The number of benzene rings is 4. The first kappa shape index (κ1) is 39.6. The number of fused-ring (bicyclic) bond motifs is 16. The van der Waals surface area contributed by atoms with Crippen LogP contribution in [0.15, 0.2) is 115 Å². The molecular weight excluding hydrogens is 733 g/mol. The highest BCUT2D eigenvalue weighted by molar-refractivity contribution is 8.03. The van der Waals surface area contributed by atoms with Gasteiger partial charge in [-0.25, -0.2) is 4.79 Å². The summed E-state index contributed by atoms with van der Waals surface area (Å²) in [5.41, 5.74) is 3.99. The Morgan fingerprint density at radius 2 is 1.32 bits per heavy atom. The molecule has 0 fully saturated rings. The molecule has 1 unspecified atom stereocenters. The maximum atomic E-state index is 14.4. The van der Waals surface area contributed by atoms with Crippen molar-refractivity contribution in [1.82, 2.24) is 21.3 Å². The summed E-state index contributed by atoms with van der Waals surface area (Å²) in [7, 11) is 1.53. The average molecular weight is 777 g/mol. The molecule has 3 aliphatic heterocycles. The van der Waals surface area contributed by atoms with Crippen molar-refractivity contribution in [2.75, 3.05) is 13.7 Å². The molecule has 4 amide bonds. The largest absolute Gasteiger partial charge is 0.497 e. The van der Waals surface area contributed by atoms with E-state index in [1.807, 2.05) is 66.1 Å². The number of amides is 4. The normalized spacial score (nSPS) is 22.0. The van der Waals surface area contributed by atoms with E-state index < -0.39 is 53.8 Å². The molecule has 13 heteroatoms. The minimum absolute atomic E-state index is 0.0109. The second-order valence-corrected chi connectivity index (χ2v) is 14.9. The Balaban J connectivity index is 1.33. The Morgan fingerprint density at radius 1 is 0.732 bits per heavy atom. The molecule has 4 aromatic rings. The molecule has 2 bridgehead atoms. The van der Waals surface area contributed by atoms with Gasteiger partial charge >= 0.3 is 5.97 Å². The van der Waals surface area contributed by atoms with Crippen LogP contribution in [0.1, 0.15) is 29.5 Å². The Kier molecular flexibility index (Phi) is 13.4. The fraction of sp³-hybridized carbons (Fsp3) is 0.279. The van der Waals surface area contributed by atoms with E-state index >= 15 is 0 Å². The highest BCUT2D eigenvalue weighted by Gasteiger charge is 2.33. The van der Waals surface area contributed by atoms with Gasteiger partial charge in [0.15, 0.2) is 6.61 Å². The summed E-state index contributed by atoms with van der Waals surface area (Å²) in [6, 6.07) is 26.1. The van der Waals surface area contributed by atoms with E-state index in [0.29, 0.717) is 35.5 Å². The molecule has 0 spiro atoms. The number of hydrogen-bond donors (Lipinski definition) is 5. The van der Waals surface area contributed by atoms with Gasteiger partial charge in [-0.2, -0.15) is 0 Å². The number of carbonyl (C=O) groups excluding carboxylic acids is 4. The molecule has 12 nitrogen and oxygen atoms in total. The smallest absolute Gasteiger partial charge is 0.326 e. The summed E-state index contributed by atoms with van der Waals surface area (Å²) in [5.74, 6) is -2.78. The second kappa shape index (κ2) is 19.0. The number of carbonyl (C=O) groups is 5. The van der Waals surface area contributed by atoms with E-state index in [9.17, 15) is 29.1 Å². The maximum Gasteiger partial charge on any atom is 0.326 e. The fourth-order valence-electron chi connectivity index (χ4n) is 6.55. The Bertz CT molecular complexity index is 2020. The predicted octanol–water partition coefficient (Wildman–Crippen LogP) is 4.22. The number of carboxylic acid groups (broad SMARTS) is 1. The van der Waals surface area contributed by atoms with Crippen LogP contribution in [-0.4, -0.2) is 77.8 Å². The molecule has 0 radical (unpaired) electrons. The lowest BCUT2D eigenvalue weighted by atomic mass is 9.99. The standard InChI is InChI=1S/C43H44N4O8S/c1-54-32-17-11-28(12-18-32)23-36-41(50)47-38(43(52)53)24-29-13-19-33(20-14-29)55-26-39(48)44-37(25-34-8-5-21-56-34)42(51)46-35(40(49)45-36)22-27-9-15-31(16-10-27)30-6-3-2-4-7-30/h2-7,9-21,34-38H,8,22-26H2,1H3,(H,44,48)(H,45,49)(H,46,51)(H,47,50)(H,52,53)/t34?,35-,36+,37+,38-/m0/s1. The minimum Gasteiger partial charge on any atom is -0.497 e. The van der Waals surface area contributed by atoms with Gasteiger partial charge in [-0.05, 0) is 70.3 Å². The van der Waals surface area contributed by atoms with Gasteiger partial charge < -0.3 is 35.8 Å². The monoisotopic (exact) mass is 776 g/mol. The topological polar surface area (TPSA) is 172 Å². The number of hydrogen-bond acceptors (Lipinski definition) is 8. The molecule has 3 heterocycles. The minimum atomic E-state index is -1.33. The number of carboxylic acids is 1. The molecule has 7 rings (SSSR count). The molecule has 0 saturated heterocycles. The van der Waals surface area contributed by atoms with Gasteiger partial charge in [-0.3, -0.25) is 19.2 Å². The van der Waals surface area contributed by atoms with E-state index in [2.05, 4.69) is 21.3 Å². The van der Waals surface area contributed by atoms with Gasteiger partial charge in [0, 0.05) is 24.5 Å². The van der Waals surface area contributed by atoms with E-state index in [0.717, 1.165) is 16.7 Å². The predicted molar refractivity (Wildman–Crippen MR) is 213 cm³/mol. The molecule has 4 aromatic carbocycles. The molecular formula is C43H44N4O8S. The van der Waals surface area contributed by atoms with Crippen LogP contribution >= 0.6 is 11.8 Å². The highest BCUT2D eigenvalue weighted by atomic mass is 32.2. The van der Waals surface area contributed by atoms with Crippen LogP contribution < -0.4 is 30.7 Å². The molecule has 0 saturated carbocycles. The summed E-state index contributed by atoms with van der Waals surface area (Å²) in [6.07, 6.45) is 3.02. The summed E-state index contributed by atoms with van der Waals surface area (Å²) >= 11 is 1.56. The van der Waals surface area contributed by atoms with Crippen LogP contribution in [-0.2, 0) is 43.2 Å². The first-order chi connectivity index (χ1) is 27.1. The molecule has 56 heavy (non-hydrogen) atoms. The van der Waals surface area contributed by atoms with Crippen LogP contribution in [0, 0.1) is 0 Å². The van der Waals surface area contributed by atoms with Crippen molar-refractivity contribution in [3.05, 3.63) is 131 Å². The highest BCUT2D eigenvalue weighted by Crippen LogP contribution is 2.28. The maximum absolute atomic E-state index is 14.4. The molecule has 5 atom stereocenters. The quantitative estimate of drug-likeness (QED) is 0.156. The lowest BCUT2D eigenvalue weighted by molar-refractivity contribution is -0.142. The van der Waals surface area contributed by atoms with Gasteiger partial charge in [0.05, 0.1) is 7.11 Å². The average Bonchev–Trinajstić information content (AvgIpc) is 3.73. The molecule has 3 aliphatic rings. The summed E-state index contributed by atoms with van der Waals surface area (Å²) in [5, 5.41) is 23.3. The van der Waals surface area contributed by atoms with Crippen molar-refractivity contribution < 1.29 is 38.6 Å². The van der Waals surface area contributed by atoms with E-state index in [1.54, 1.807) is 60.3 Å². The van der Waals surface area contributed by atoms with Crippen LogP contribution in [0.5, 0.6) is 11.5 Å². The van der Waals surface area contributed by atoms with Crippen molar-refractivity contribution in [3.63, 3.8) is 0 Å². The van der Waals surface area contributed by atoms with E-state index in [4.69, 9.17) is 9.47 Å². The van der Waals surface area contributed by atoms with Crippen LogP contribution in [0.4, 0.5) is 0 Å². The number of thioether (sulfide) groups is 1. The number of nitrogens with one attached hydrogen (secondary N) is 4. The summed E-state index contributed by atoms with van der Waals surface area (Å²) < 4.78 is 11.0. The first-order valence-electron chi connectivity index (χ1n) is 18.4. The zero-order valence-electron chi connectivity index (χ0n) is 30.8. The number of allylic oxidation sites excluding steroid dienone is 1. The van der Waals surface area contributed by atoms with Crippen LogP contribution in [0.25, 0.3) is 11.1 Å². The van der Waals surface area contributed by atoms with E-state index in [-0.39, 0.29) is 31.1 Å². The Hall–Kier alpha value is -6.08. The Labute approximate surface area is 329 Å².